The van der Waals surface area contributed by atoms with Crippen LogP contribution in [0, 0.1) is 13.8 Å². The second kappa shape index (κ2) is 4.80. The normalized spacial score (nSPS) is 12.5. The third kappa shape index (κ3) is 1.95. The van der Waals surface area contributed by atoms with Crippen molar-refractivity contribution in [2.75, 3.05) is 5.73 Å². The maximum atomic E-state index is 5.94. The van der Waals surface area contributed by atoms with E-state index in [4.69, 9.17) is 5.73 Å². The van der Waals surface area contributed by atoms with Crippen LogP contribution in [-0.2, 0) is 0 Å². The Kier molecular flexibility index (Phi) is 2.98. The van der Waals surface area contributed by atoms with Gasteiger partial charge in [-0.3, -0.25) is 5.10 Å². The maximum Gasteiger partial charge on any atom is 0.219 e. The molecule has 102 valence electrons. The van der Waals surface area contributed by atoms with Crippen molar-refractivity contribution in [2.24, 2.45) is 0 Å². The monoisotopic (exact) mass is 268 g/mol. The van der Waals surface area contributed by atoms with E-state index in [0.29, 0.717) is 5.95 Å². The van der Waals surface area contributed by atoms with Crippen LogP contribution in [0.3, 0.4) is 0 Å². The summed E-state index contributed by atoms with van der Waals surface area (Å²) < 4.78 is 1.72. The van der Waals surface area contributed by atoms with Gasteiger partial charge in [0.1, 0.15) is 12.4 Å². The summed E-state index contributed by atoms with van der Waals surface area (Å²) in [6.07, 6.45) is 1.47. The van der Waals surface area contributed by atoms with Gasteiger partial charge in [-0.2, -0.15) is 10.2 Å². The zero-order valence-electron chi connectivity index (χ0n) is 11.4. The number of rotatable bonds is 3. The molecule has 0 bridgehead atoms. The molecule has 1 atom stereocenters. The lowest BCUT2D eigenvalue weighted by Gasteiger charge is -2.19. The van der Waals surface area contributed by atoms with Crippen LogP contribution in [0.4, 0.5) is 5.95 Å². The number of aryl methyl sites for hydroxylation is 2. The van der Waals surface area contributed by atoms with E-state index < -0.39 is 0 Å². The number of hydrogen-bond acceptors (Lipinski definition) is 4. The number of nitrogen functional groups attached to an aromatic ring is 1. The number of H-pyrrole nitrogens is 1. The first-order valence-electron chi connectivity index (χ1n) is 6.40. The van der Waals surface area contributed by atoms with Crippen LogP contribution in [0.25, 0.3) is 0 Å². The zero-order chi connectivity index (χ0) is 14.1. The Hall–Kier alpha value is -2.63. The van der Waals surface area contributed by atoms with Gasteiger partial charge < -0.3 is 5.73 Å². The molecule has 2 heterocycles. The fourth-order valence-electron chi connectivity index (χ4n) is 2.49. The van der Waals surface area contributed by atoms with Gasteiger partial charge in [-0.15, -0.1) is 0 Å². The van der Waals surface area contributed by atoms with Gasteiger partial charge in [0, 0.05) is 11.3 Å². The van der Waals surface area contributed by atoms with Crippen LogP contribution in [-0.4, -0.2) is 25.0 Å². The third-order valence-electron chi connectivity index (χ3n) is 3.42. The van der Waals surface area contributed by atoms with Gasteiger partial charge in [0.15, 0.2) is 0 Å². The molecule has 20 heavy (non-hydrogen) atoms. The zero-order valence-corrected chi connectivity index (χ0v) is 11.4. The lowest BCUT2D eigenvalue weighted by atomic mass is 9.97. The SMILES string of the molecule is Cc1n[nH]c(C)c1C(c1ccccc1)n1ncnc1N. The van der Waals surface area contributed by atoms with Crippen LogP contribution in [0.15, 0.2) is 36.7 Å². The highest BCUT2D eigenvalue weighted by molar-refractivity contribution is 5.39. The molecule has 3 aromatic rings. The Balaban J connectivity index is 2.22. The molecule has 2 aromatic heterocycles. The Morgan fingerprint density at radius 2 is 1.95 bits per heavy atom. The van der Waals surface area contributed by atoms with Crippen LogP contribution in [0.1, 0.15) is 28.6 Å². The van der Waals surface area contributed by atoms with Crippen LogP contribution in [0.5, 0.6) is 0 Å². The van der Waals surface area contributed by atoms with E-state index in [-0.39, 0.29) is 6.04 Å². The van der Waals surface area contributed by atoms with Crippen molar-refractivity contribution in [3.63, 3.8) is 0 Å². The molecular formula is C14H16N6. The van der Waals surface area contributed by atoms with Gasteiger partial charge in [0.05, 0.1) is 5.69 Å². The minimum absolute atomic E-state index is 0.127. The molecule has 6 nitrogen and oxygen atoms in total. The first kappa shape index (κ1) is 12.4. The van der Waals surface area contributed by atoms with Crippen molar-refractivity contribution < 1.29 is 0 Å². The quantitative estimate of drug-likeness (QED) is 0.759. The number of anilines is 1. The van der Waals surface area contributed by atoms with Crippen LogP contribution < -0.4 is 5.73 Å². The predicted molar refractivity (Wildman–Crippen MR) is 76.2 cm³/mol. The molecule has 1 aromatic carbocycles. The number of benzene rings is 1. The van der Waals surface area contributed by atoms with Gasteiger partial charge in [-0.25, -0.2) is 9.67 Å². The molecule has 0 aliphatic rings. The van der Waals surface area contributed by atoms with E-state index in [2.05, 4.69) is 32.4 Å². The molecule has 0 fully saturated rings. The van der Waals surface area contributed by atoms with Gasteiger partial charge in [-0.05, 0) is 19.4 Å². The molecule has 0 aliphatic carbocycles. The largest absolute Gasteiger partial charge is 0.368 e. The predicted octanol–water partition coefficient (Wildman–Crippen LogP) is 1.84. The molecular weight excluding hydrogens is 252 g/mol. The van der Waals surface area contributed by atoms with Crippen molar-refractivity contribution >= 4 is 5.95 Å². The highest BCUT2D eigenvalue weighted by Crippen LogP contribution is 2.30. The highest BCUT2D eigenvalue weighted by atomic mass is 15.4. The summed E-state index contributed by atoms with van der Waals surface area (Å²) in [7, 11) is 0. The number of aromatic amines is 1. The van der Waals surface area contributed by atoms with Crippen LogP contribution >= 0.6 is 0 Å². The summed E-state index contributed by atoms with van der Waals surface area (Å²) in [4.78, 5) is 4.03. The summed E-state index contributed by atoms with van der Waals surface area (Å²) in [5.74, 6) is 0.388. The van der Waals surface area contributed by atoms with Gasteiger partial charge in [0.2, 0.25) is 5.95 Å². The van der Waals surface area contributed by atoms with E-state index in [9.17, 15) is 0 Å². The maximum absolute atomic E-state index is 5.94. The molecule has 0 amide bonds. The first-order valence-corrected chi connectivity index (χ1v) is 6.40. The molecule has 3 rings (SSSR count). The lowest BCUT2D eigenvalue weighted by molar-refractivity contribution is 0.598. The number of nitrogens with zero attached hydrogens (tertiary/aromatic N) is 4. The summed E-state index contributed by atoms with van der Waals surface area (Å²) in [6.45, 7) is 3.97. The number of aromatic nitrogens is 5. The van der Waals surface area contributed by atoms with Crippen molar-refractivity contribution in [1.29, 1.82) is 0 Å². The molecule has 0 saturated carbocycles. The van der Waals surface area contributed by atoms with Crippen LogP contribution in [0.2, 0.25) is 0 Å². The lowest BCUT2D eigenvalue weighted by Crippen LogP contribution is -2.17. The molecule has 0 saturated heterocycles. The highest BCUT2D eigenvalue weighted by Gasteiger charge is 2.24. The van der Waals surface area contributed by atoms with E-state index >= 15 is 0 Å². The fourth-order valence-corrected chi connectivity index (χ4v) is 2.49. The summed E-state index contributed by atoms with van der Waals surface area (Å²) >= 11 is 0. The average molecular weight is 268 g/mol. The van der Waals surface area contributed by atoms with E-state index in [0.717, 1.165) is 22.5 Å². The Morgan fingerprint density at radius 3 is 2.50 bits per heavy atom. The summed E-state index contributed by atoms with van der Waals surface area (Å²) in [6, 6.07) is 9.97. The van der Waals surface area contributed by atoms with Gasteiger partial charge in [-0.1, -0.05) is 30.3 Å². The van der Waals surface area contributed by atoms with Crippen molar-refractivity contribution in [3.8, 4) is 0 Å². The first-order chi connectivity index (χ1) is 9.68. The molecule has 3 N–H and O–H groups in total. The van der Waals surface area contributed by atoms with Gasteiger partial charge >= 0.3 is 0 Å². The number of nitrogens with one attached hydrogen (secondary N) is 1. The molecule has 0 spiro atoms. The number of hydrogen-bond donors (Lipinski definition) is 2. The fraction of sp³-hybridized carbons (Fsp3) is 0.214. The molecule has 6 heteroatoms. The number of nitrogens with two attached hydrogens (primary N) is 1. The van der Waals surface area contributed by atoms with Gasteiger partial charge in [0.25, 0.3) is 0 Å². The summed E-state index contributed by atoms with van der Waals surface area (Å²) in [5, 5.41) is 11.6. The van der Waals surface area contributed by atoms with E-state index in [1.807, 2.05) is 32.0 Å². The Bertz CT molecular complexity index is 693. The topological polar surface area (TPSA) is 85.4 Å². The average Bonchev–Trinajstić information content (AvgIpc) is 3.01. The van der Waals surface area contributed by atoms with Crippen molar-refractivity contribution in [3.05, 3.63) is 59.2 Å². The van der Waals surface area contributed by atoms with Crippen molar-refractivity contribution in [2.45, 2.75) is 19.9 Å². The minimum Gasteiger partial charge on any atom is -0.368 e. The Labute approximate surface area is 116 Å². The minimum atomic E-state index is -0.127. The molecule has 1 unspecified atom stereocenters. The third-order valence-corrected chi connectivity index (χ3v) is 3.42. The van der Waals surface area contributed by atoms with Crippen molar-refractivity contribution in [1.82, 2.24) is 25.0 Å². The smallest absolute Gasteiger partial charge is 0.219 e. The molecule has 0 aliphatic heterocycles. The van der Waals surface area contributed by atoms with E-state index in [1.165, 1.54) is 6.33 Å². The molecule has 0 radical (unpaired) electrons. The second-order valence-corrected chi connectivity index (χ2v) is 4.72. The Morgan fingerprint density at radius 1 is 1.20 bits per heavy atom. The summed E-state index contributed by atoms with van der Waals surface area (Å²) in [5.41, 5.74) is 10.1. The second-order valence-electron chi connectivity index (χ2n) is 4.72. The standard InChI is InChI=1S/C14H16N6/c1-9-12(10(2)19-18-9)13(11-6-4-3-5-7-11)20-14(15)16-8-17-20/h3-8,13H,1-2H3,(H,18,19)(H2,15,16,17). The van der Waals surface area contributed by atoms with E-state index in [1.54, 1.807) is 4.68 Å².